The Morgan fingerprint density at radius 3 is 2.74 bits per heavy atom. The van der Waals surface area contributed by atoms with E-state index in [9.17, 15) is 9.59 Å². The number of likely N-dealkylation sites (N-methyl/N-ethyl adjacent to an activating group) is 1. The molecule has 142 valence electrons. The summed E-state index contributed by atoms with van der Waals surface area (Å²) >= 11 is 0. The SMILES string of the molecule is Cc1cccc(NC(=O)CN(C)CCCn2c(=O)oc3ccccc32)c1C. The Kier molecular flexibility index (Phi) is 5.76. The summed E-state index contributed by atoms with van der Waals surface area (Å²) in [5, 5.41) is 2.97. The van der Waals surface area contributed by atoms with Crippen LogP contribution in [0, 0.1) is 13.8 Å². The van der Waals surface area contributed by atoms with Gasteiger partial charge in [-0.05, 0) is 56.6 Å². The average Bonchev–Trinajstić information content (AvgIpc) is 2.94. The van der Waals surface area contributed by atoms with E-state index in [4.69, 9.17) is 4.42 Å². The second-order valence-corrected chi connectivity index (χ2v) is 6.87. The molecule has 3 rings (SSSR count). The summed E-state index contributed by atoms with van der Waals surface area (Å²) in [6, 6.07) is 13.3. The second kappa shape index (κ2) is 8.22. The number of rotatable bonds is 7. The molecule has 0 radical (unpaired) electrons. The van der Waals surface area contributed by atoms with E-state index in [2.05, 4.69) is 5.32 Å². The zero-order valence-corrected chi connectivity index (χ0v) is 16.0. The van der Waals surface area contributed by atoms with Crippen LogP contribution in [0.4, 0.5) is 5.69 Å². The molecule has 0 fully saturated rings. The van der Waals surface area contributed by atoms with E-state index in [0.717, 1.165) is 28.8 Å². The molecular formula is C21H25N3O3. The Morgan fingerprint density at radius 2 is 1.93 bits per heavy atom. The highest BCUT2D eigenvalue weighted by Gasteiger charge is 2.11. The van der Waals surface area contributed by atoms with Gasteiger partial charge in [0.15, 0.2) is 5.58 Å². The summed E-state index contributed by atoms with van der Waals surface area (Å²) in [5.41, 5.74) is 4.49. The molecule has 0 aliphatic rings. The molecule has 1 heterocycles. The fraction of sp³-hybridized carbons (Fsp3) is 0.333. The van der Waals surface area contributed by atoms with Crippen molar-refractivity contribution in [1.82, 2.24) is 9.47 Å². The van der Waals surface area contributed by atoms with Crippen LogP contribution in [-0.4, -0.2) is 35.5 Å². The van der Waals surface area contributed by atoms with Crippen LogP contribution >= 0.6 is 0 Å². The van der Waals surface area contributed by atoms with Crippen molar-refractivity contribution in [2.45, 2.75) is 26.8 Å². The van der Waals surface area contributed by atoms with Gasteiger partial charge in [-0.1, -0.05) is 24.3 Å². The largest absolute Gasteiger partial charge is 0.419 e. The van der Waals surface area contributed by atoms with E-state index in [1.807, 2.05) is 62.2 Å². The van der Waals surface area contributed by atoms with Gasteiger partial charge < -0.3 is 9.73 Å². The third-order valence-electron chi connectivity index (χ3n) is 4.79. The van der Waals surface area contributed by atoms with E-state index in [1.54, 1.807) is 10.6 Å². The third-order valence-corrected chi connectivity index (χ3v) is 4.79. The number of fused-ring (bicyclic) bond motifs is 1. The highest BCUT2D eigenvalue weighted by Crippen LogP contribution is 2.17. The van der Waals surface area contributed by atoms with Gasteiger partial charge in [0.05, 0.1) is 12.1 Å². The normalized spacial score (nSPS) is 11.3. The molecule has 0 unspecified atom stereocenters. The summed E-state index contributed by atoms with van der Waals surface area (Å²) in [5.74, 6) is -0.386. The van der Waals surface area contributed by atoms with E-state index >= 15 is 0 Å². The number of nitrogens with one attached hydrogen (secondary N) is 1. The fourth-order valence-corrected chi connectivity index (χ4v) is 3.12. The number of nitrogens with zero attached hydrogens (tertiary/aromatic N) is 2. The quantitative estimate of drug-likeness (QED) is 0.696. The van der Waals surface area contributed by atoms with Gasteiger partial charge in [-0.3, -0.25) is 14.3 Å². The van der Waals surface area contributed by atoms with Gasteiger partial charge in [0, 0.05) is 18.8 Å². The first-order valence-corrected chi connectivity index (χ1v) is 9.08. The van der Waals surface area contributed by atoms with Crippen molar-refractivity contribution in [2.24, 2.45) is 0 Å². The molecule has 27 heavy (non-hydrogen) atoms. The summed E-state index contributed by atoms with van der Waals surface area (Å²) < 4.78 is 6.88. The van der Waals surface area contributed by atoms with Crippen molar-refractivity contribution in [2.75, 3.05) is 25.5 Å². The molecule has 0 saturated carbocycles. The molecule has 0 aliphatic carbocycles. The van der Waals surface area contributed by atoms with Crippen LogP contribution in [-0.2, 0) is 11.3 Å². The van der Waals surface area contributed by atoms with Crippen molar-refractivity contribution in [3.05, 3.63) is 64.1 Å². The Bertz CT molecular complexity index is 1000. The van der Waals surface area contributed by atoms with Crippen molar-refractivity contribution in [3.63, 3.8) is 0 Å². The molecular weight excluding hydrogens is 342 g/mol. The van der Waals surface area contributed by atoms with Crippen LogP contribution in [0.1, 0.15) is 17.5 Å². The van der Waals surface area contributed by atoms with Crippen LogP contribution < -0.4 is 11.1 Å². The number of amides is 1. The lowest BCUT2D eigenvalue weighted by Crippen LogP contribution is -2.31. The Morgan fingerprint density at radius 1 is 1.15 bits per heavy atom. The number of benzene rings is 2. The minimum Gasteiger partial charge on any atom is -0.408 e. The molecule has 3 aromatic rings. The Hall–Kier alpha value is -2.86. The maximum atomic E-state index is 12.3. The van der Waals surface area contributed by atoms with Gasteiger partial charge in [-0.15, -0.1) is 0 Å². The zero-order chi connectivity index (χ0) is 19.4. The summed E-state index contributed by atoms with van der Waals surface area (Å²) in [6.45, 7) is 5.58. The van der Waals surface area contributed by atoms with Gasteiger partial charge in [-0.25, -0.2) is 4.79 Å². The minimum absolute atomic E-state index is 0.0443. The van der Waals surface area contributed by atoms with Crippen molar-refractivity contribution < 1.29 is 9.21 Å². The first kappa shape index (κ1) is 18.9. The number of anilines is 1. The number of carbonyl (C=O) groups excluding carboxylic acids is 1. The maximum Gasteiger partial charge on any atom is 0.419 e. The topological polar surface area (TPSA) is 67.5 Å². The number of hydrogen-bond acceptors (Lipinski definition) is 4. The summed E-state index contributed by atoms with van der Waals surface area (Å²) in [7, 11) is 1.90. The maximum absolute atomic E-state index is 12.3. The molecule has 0 bridgehead atoms. The zero-order valence-electron chi connectivity index (χ0n) is 16.0. The molecule has 1 N–H and O–H groups in total. The fourth-order valence-electron chi connectivity index (χ4n) is 3.12. The van der Waals surface area contributed by atoms with Gasteiger partial charge in [0.25, 0.3) is 0 Å². The number of oxazole rings is 1. The number of aryl methyl sites for hydroxylation is 2. The predicted molar refractivity (Wildman–Crippen MR) is 107 cm³/mol. The Balaban J connectivity index is 1.51. The number of para-hydroxylation sites is 2. The van der Waals surface area contributed by atoms with Crippen LogP contribution in [0.5, 0.6) is 0 Å². The lowest BCUT2D eigenvalue weighted by atomic mass is 10.1. The molecule has 2 aromatic carbocycles. The van der Waals surface area contributed by atoms with Crippen molar-refractivity contribution in [3.8, 4) is 0 Å². The van der Waals surface area contributed by atoms with E-state index in [1.165, 1.54) is 0 Å². The van der Waals surface area contributed by atoms with Crippen molar-refractivity contribution >= 4 is 22.7 Å². The van der Waals surface area contributed by atoms with E-state index in [0.29, 0.717) is 25.2 Å². The van der Waals surface area contributed by atoms with Crippen LogP contribution in [0.15, 0.2) is 51.7 Å². The first-order valence-electron chi connectivity index (χ1n) is 9.08. The molecule has 1 aromatic heterocycles. The second-order valence-electron chi connectivity index (χ2n) is 6.87. The molecule has 1 amide bonds. The molecule has 6 nitrogen and oxygen atoms in total. The average molecular weight is 367 g/mol. The molecule has 6 heteroatoms. The number of hydrogen-bond donors (Lipinski definition) is 1. The standard InChI is InChI=1S/C21H25N3O3/c1-15-8-6-9-17(16(15)2)22-20(25)14-23(3)12-7-13-24-18-10-4-5-11-19(18)27-21(24)26/h4-6,8-11H,7,12-14H2,1-3H3,(H,22,25). The number of aromatic nitrogens is 1. The highest BCUT2D eigenvalue weighted by molar-refractivity contribution is 5.93. The van der Waals surface area contributed by atoms with Gasteiger partial charge in [0.1, 0.15) is 0 Å². The molecule has 0 spiro atoms. The summed E-state index contributed by atoms with van der Waals surface area (Å²) in [6.07, 6.45) is 0.747. The molecule has 0 atom stereocenters. The van der Waals surface area contributed by atoms with Crippen molar-refractivity contribution in [1.29, 1.82) is 0 Å². The smallest absolute Gasteiger partial charge is 0.408 e. The minimum atomic E-state index is -0.341. The number of carbonyl (C=O) groups is 1. The highest BCUT2D eigenvalue weighted by atomic mass is 16.4. The third kappa shape index (κ3) is 4.46. The lowest BCUT2D eigenvalue weighted by Gasteiger charge is -2.17. The van der Waals surface area contributed by atoms with E-state index < -0.39 is 0 Å². The Labute approximate surface area is 158 Å². The van der Waals surface area contributed by atoms with Crippen LogP contribution in [0.3, 0.4) is 0 Å². The van der Waals surface area contributed by atoms with Gasteiger partial charge >= 0.3 is 5.76 Å². The first-order chi connectivity index (χ1) is 13.0. The molecule has 0 aliphatic heterocycles. The van der Waals surface area contributed by atoms with Crippen LogP contribution in [0.2, 0.25) is 0 Å². The molecule has 0 saturated heterocycles. The summed E-state index contributed by atoms with van der Waals surface area (Å²) in [4.78, 5) is 26.2. The lowest BCUT2D eigenvalue weighted by molar-refractivity contribution is -0.117. The van der Waals surface area contributed by atoms with Gasteiger partial charge in [0.2, 0.25) is 5.91 Å². The van der Waals surface area contributed by atoms with Crippen LogP contribution in [0.25, 0.3) is 11.1 Å². The monoisotopic (exact) mass is 367 g/mol. The van der Waals surface area contributed by atoms with Gasteiger partial charge in [-0.2, -0.15) is 0 Å². The van der Waals surface area contributed by atoms with E-state index in [-0.39, 0.29) is 11.7 Å². The predicted octanol–water partition coefficient (Wildman–Crippen LogP) is 3.17.